The van der Waals surface area contributed by atoms with Gasteiger partial charge in [0.15, 0.2) is 5.78 Å². The summed E-state index contributed by atoms with van der Waals surface area (Å²) in [6.45, 7) is 0. The molecule has 0 amide bonds. The van der Waals surface area contributed by atoms with Crippen LogP contribution in [0.3, 0.4) is 0 Å². The normalized spacial score (nSPS) is 21.1. The van der Waals surface area contributed by atoms with E-state index in [1.165, 1.54) is 0 Å². The highest BCUT2D eigenvalue weighted by molar-refractivity contribution is 6.30. The van der Waals surface area contributed by atoms with Gasteiger partial charge in [0.2, 0.25) is 0 Å². The van der Waals surface area contributed by atoms with E-state index in [0.29, 0.717) is 5.02 Å². The zero-order valence-electron chi connectivity index (χ0n) is 10.8. The molecule has 0 aliphatic heterocycles. The molecule has 1 N–H and O–H groups in total. The van der Waals surface area contributed by atoms with Gasteiger partial charge in [-0.1, -0.05) is 48.0 Å². The predicted molar refractivity (Wildman–Crippen MR) is 82.2 cm³/mol. The zero-order chi connectivity index (χ0) is 13.9. The van der Waals surface area contributed by atoms with Crippen LogP contribution in [0.15, 0.2) is 66.7 Å². The van der Waals surface area contributed by atoms with Crippen LogP contribution in [0.1, 0.15) is 11.5 Å². The van der Waals surface area contributed by atoms with Gasteiger partial charge < -0.3 is 5.32 Å². The molecule has 0 heterocycles. The standard InChI is InChI=1S/C17H14ClNO/c18-13-6-8-14(9-7-13)19-15-10-11-16(20)17(15)12-4-2-1-3-5-12/h1-11,15,17,19H. The van der Waals surface area contributed by atoms with Crippen molar-refractivity contribution in [1.82, 2.24) is 0 Å². The van der Waals surface area contributed by atoms with E-state index in [1.807, 2.05) is 60.7 Å². The Bertz CT molecular complexity index is 634. The Balaban J connectivity index is 1.83. The minimum absolute atomic E-state index is 0.0222. The zero-order valence-corrected chi connectivity index (χ0v) is 11.5. The largest absolute Gasteiger partial charge is 0.378 e. The SMILES string of the molecule is O=C1C=CC(Nc2ccc(Cl)cc2)C1c1ccccc1. The molecule has 0 spiro atoms. The Morgan fingerprint density at radius 1 is 0.950 bits per heavy atom. The number of ketones is 1. The first kappa shape index (κ1) is 12.9. The van der Waals surface area contributed by atoms with E-state index in [0.717, 1.165) is 11.3 Å². The van der Waals surface area contributed by atoms with Crippen molar-refractivity contribution in [3.8, 4) is 0 Å². The Labute approximate surface area is 123 Å². The maximum absolute atomic E-state index is 12.1. The number of hydrogen-bond acceptors (Lipinski definition) is 2. The van der Waals surface area contributed by atoms with Gasteiger partial charge in [-0.3, -0.25) is 4.79 Å². The van der Waals surface area contributed by atoms with Crippen LogP contribution in [0.4, 0.5) is 5.69 Å². The van der Waals surface area contributed by atoms with Crippen molar-refractivity contribution in [2.24, 2.45) is 0 Å². The second-order valence-electron chi connectivity index (χ2n) is 4.83. The topological polar surface area (TPSA) is 29.1 Å². The molecule has 0 bridgehead atoms. The van der Waals surface area contributed by atoms with E-state index < -0.39 is 0 Å². The van der Waals surface area contributed by atoms with Crippen LogP contribution in [-0.4, -0.2) is 11.8 Å². The lowest BCUT2D eigenvalue weighted by molar-refractivity contribution is -0.115. The molecule has 20 heavy (non-hydrogen) atoms. The van der Waals surface area contributed by atoms with Crippen molar-refractivity contribution >= 4 is 23.1 Å². The average molecular weight is 284 g/mol. The number of halogens is 1. The Morgan fingerprint density at radius 2 is 1.65 bits per heavy atom. The fourth-order valence-electron chi connectivity index (χ4n) is 2.49. The van der Waals surface area contributed by atoms with Crippen LogP contribution in [0.25, 0.3) is 0 Å². The number of anilines is 1. The van der Waals surface area contributed by atoms with E-state index in [2.05, 4.69) is 5.32 Å². The lowest BCUT2D eigenvalue weighted by Crippen LogP contribution is -2.25. The number of hydrogen-bond donors (Lipinski definition) is 1. The summed E-state index contributed by atoms with van der Waals surface area (Å²) < 4.78 is 0. The van der Waals surface area contributed by atoms with Crippen molar-refractivity contribution in [2.75, 3.05) is 5.32 Å². The monoisotopic (exact) mass is 283 g/mol. The summed E-state index contributed by atoms with van der Waals surface area (Å²) in [5.41, 5.74) is 1.99. The third kappa shape index (κ3) is 2.61. The summed E-state index contributed by atoms with van der Waals surface area (Å²) in [6.07, 6.45) is 3.58. The third-order valence-electron chi connectivity index (χ3n) is 3.47. The van der Waals surface area contributed by atoms with Gasteiger partial charge in [0.1, 0.15) is 0 Å². The molecule has 1 aliphatic rings. The lowest BCUT2D eigenvalue weighted by atomic mass is 9.92. The van der Waals surface area contributed by atoms with E-state index in [1.54, 1.807) is 6.08 Å². The van der Waals surface area contributed by atoms with Crippen LogP contribution in [0, 0.1) is 0 Å². The molecule has 0 fully saturated rings. The van der Waals surface area contributed by atoms with Crippen LogP contribution in [-0.2, 0) is 4.79 Å². The molecule has 2 unspecified atom stereocenters. The minimum Gasteiger partial charge on any atom is -0.378 e. The number of nitrogens with one attached hydrogen (secondary N) is 1. The predicted octanol–water partition coefficient (Wildman–Crippen LogP) is 4.04. The van der Waals surface area contributed by atoms with Crippen molar-refractivity contribution in [3.63, 3.8) is 0 Å². The molecule has 0 radical (unpaired) electrons. The molecule has 0 saturated heterocycles. The van der Waals surface area contributed by atoms with Crippen LogP contribution in [0.5, 0.6) is 0 Å². The summed E-state index contributed by atoms with van der Waals surface area (Å²) in [4.78, 5) is 12.1. The molecule has 3 rings (SSSR count). The second-order valence-corrected chi connectivity index (χ2v) is 5.26. The lowest BCUT2D eigenvalue weighted by Gasteiger charge is -2.21. The highest BCUT2D eigenvalue weighted by Gasteiger charge is 2.31. The Hall–Kier alpha value is -2.06. The molecule has 2 atom stereocenters. The number of carbonyl (C=O) groups excluding carboxylic acids is 1. The first-order valence-corrected chi connectivity index (χ1v) is 6.91. The molecule has 2 nitrogen and oxygen atoms in total. The fraction of sp³-hybridized carbons (Fsp3) is 0.118. The summed E-state index contributed by atoms with van der Waals surface area (Å²) in [5, 5.41) is 4.08. The number of rotatable bonds is 3. The van der Waals surface area contributed by atoms with Gasteiger partial charge in [-0.2, -0.15) is 0 Å². The van der Waals surface area contributed by atoms with Gasteiger partial charge in [0, 0.05) is 10.7 Å². The van der Waals surface area contributed by atoms with Crippen molar-refractivity contribution in [2.45, 2.75) is 12.0 Å². The number of allylic oxidation sites excluding steroid dienone is 1. The van der Waals surface area contributed by atoms with Crippen molar-refractivity contribution in [1.29, 1.82) is 0 Å². The van der Waals surface area contributed by atoms with Crippen molar-refractivity contribution < 1.29 is 4.79 Å². The van der Waals surface area contributed by atoms with Gasteiger partial charge >= 0.3 is 0 Å². The van der Waals surface area contributed by atoms with Crippen LogP contribution < -0.4 is 5.32 Å². The second kappa shape index (κ2) is 5.51. The first-order chi connectivity index (χ1) is 9.74. The summed E-state index contributed by atoms with van der Waals surface area (Å²) in [5.74, 6) is -0.0189. The minimum atomic E-state index is -0.160. The molecule has 2 aromatic carbocycles. The van der Waals surface area contributed by atoms with E-state index in [9.17, 15) is 4.79 Å². The highest BCUT2D eigenvalue weighted by atomic mass is 35.5. The summed E-state index contributed by atoms with van der Waals surface area (Å²) in [7, 11) is 0. The Morgan fingerprint density at radius 3 is 2.35 bits per heavy atom. The van der Waals surface area contributed by atoms with E-state index >= 15 is 0 Å². The van der Waals surface area contributed by atoms with Crippen molar-refractivity contribution in [3.05, 3.63) is 77.3 Å². The van der Waals surface area contributed by atoms with Gasteiger partial charge in [0.05, 0.1) is 12.0 Å². The fourth-order valence-corrected chi connectivity index (χ4v) is 2.62. The number of carbonyl (C=O) groups is 1. The smallest absolute Gasteiger partial charge is 0.165 e. The van der Waals surface area contributed by atoms with E-state index in [-0.39, 0.29) is 17.7 Å². The maximum atomic E-state index is 12.1. The molecular formula is C17H14ClNO. The average Bonchev–Trinajstić information content (AvgIpc) is 2.83. The number of benzene rings is 2. The van der Waals surface area contributed by atoms with Gasteiger partial charge in [-0.15, -0.1) is 0 Å². The molecule has 3 heteroatoms. The maximum Gasteiger partial charge on any atom is 0.165 e. The summed E-state index contributed by atoms with van der Waals surface area (Å²) >= 11 is 5.88. The van der Waals surface area contributed by atoms with Crippen LogP contribution >= 0.6 is 11.6 Å². The molecule has 0 aromatic heterocycles. The quantitative estimate of drug-likeness (QED) is 0.921. The first-order valence-electron chi connectivity index (χ1n) is 6.53. The molecule has 2 aromatic rings. The van der Waals surface area contributed by atoms with Gasteiger partial charge in [0.25, 0.3) is 0 Å². The summed E-state index contributed by atoms with van der Waals surface area (Å²) in [6, 6.07) is 17.3. The third-order valence-corrected chi connectivity index (χ3v) is 3.72. The van der Waals surface area contributed by atoms with Crippen LogP contribution in [0.2, 0.25) is 5.02 Å². The van der Waals surface area contributed by atoms with E-state index in [4.69, 9.17) is 11.6 Å². The molecular weight excluding hydrogens is 270 g/mol. The molecule has 0 saturated carbocycles. The molecule has 100 valence electrons. The Kier molecular flexibility index (Phi) is 3.57. The highest BCUT2D eigenvalue weighted by Crippen LogP contribution is 2.29. The van der Waals surface area contributed by atoms with Gasteiger partial charge in [-0.05, 0) is 35.9 Å². The molecule has 1 aliphatic carbocycles. The van der Waals surface area contributed by atoms with Gasteiger partial charge in [-0.25, -0.2) is 0 Å².